The van der Waals surface area contributed by atoms with Gasteiger partial charge in [-0.25, -0.2) is 14.0 Å². The van der Waals surface area contributed by atoms with Gasteiger partial charge < -0.3 is 14.8 Å². The molecular weight excluding hydrogens is 336 g/mol. The molecule has 0 spiro atoms. The Kier molecular flexibility index (Phi) is 6.38. The van der Waals surface area contributed by atoms with Gasteiger partial charge in [0.1, 0.15) is 5.82 Å². The lowest BCUT2D eigenvalue weighted by Crippen LogP contribution is -2.69. The molecule has 0 saturated heterocycles. The van der Waals surface area contributed by atoms with Gasteiger partial charge in [0.05, 0.1) is 13.2 Å². The average Bonchev–Trinajstić information content (AvgIpc) is 2.48. The highest BCUT2D eigenvalue weighted by Gasteiger charge is 2.64. The number of halogens is 4. The predicted octanol–water partition coefficient (Wildman–Crippen LogP) is 2.81. The molecule has 10 heteroatoms. The van der Waals surface area contributed by atoms with Crippen LogP contribution < -0.4 is 10.6 Å². The van der Waals surface area contributed by atoms with Crippen LogP contribution >= 0.6 is 0 Å². The number of carbonyl (C=O) groups is 2. The molecule has 0 aliphatic rings. The van der Waals surface area contributed by atoms with E-state index in [4.69, 9.17) is 0 Å². The Morgan fingerprint density at radius 2 is 1.58 bits per heavy atom. The number of anilines is 1. The molecule has 0 unspecified atom stereocenters. The standard InChI is InChI=1S/C14H16F4N2O4/c1-3-23-11(21)13(14(16,17)18,20-12(22)24-4-2)19-10-7-5-9(15)6-8-10/h5-8,19H,3-4H2,1-2H3,(H,20,22)/t13-/m0/s1. The van der Waals surface area contributed by atoms with E-state index in [2.05, 4.69) is 9.47 Å². The second-order valence-electron chi connectivity index (χ2n) is 4.45. The summed E-state index contributed by atoms with van der Waals surface area (Å²) in [5.41, 5.74) is -3.86. The van der Waals surface area contributed by atoms with E-state index in [1.54, 1.807) is 0 Å². The van der Waals surface area contributed by atoms with E-state index in [0.717, 1.165) is 24.3 Å². The van der Waals surface area contributed by atoms with Crippen LogP contribution in [0.4, 0.5) is 28.0 Å². The largest absolute Gasteiger partial charge is 0.463 e. The molecule has 1 rings (SSSR count). The van der Waals surface area contributed by atoms with Gasteiger partial charge in [0.15, 0.2) is 0 Å². The van der Waals surface area contributed by atoms with Crippen molar-refractivity contribution in [2.24, 2.45) is 0 Å². The van der Waals surface area contributed by atoms with Gasteiger partial charge in [-0.15, -0.1) is 0 Å². The Morgan fingerprint density at radius 1 is 1.04 bits per heavy atom. The van der Waals surface area contributed by atoms with E-state index in [1.165, 1.54) is 19.2 Å². The molecule has 0 radical (unpaired) electrons. The number of hydrogen-bond donors (Lipinski definition) is 2. The Labute approximate surface area is 135 Å². The Balaban J connectivity index is 3.30. The second kappa shape index (κ2) is 7.84. The third-order valence-electron chi connectivity index (χ3n) is 2.75. The number of carbonyl (C=O) groups excluding carboxylic acids is 2. The molecule has 1 amide bonds. The number of rotatable bonds is 6. The molecule has 1 atom stereocenters. The van der Waals surface area contributed by atoms with Gasteiger partial charge >= 0.3 is 23.9 Å². The molecule has 6 nitrogen and oxygen atoms in total. The van der Waals surface area contributed by atoms with Crippen molar-refractivity contribution in [3.63, 3.8) is 0 Å². The molecule has 0 aliphatic carbocycles. The van der Waals surface area contributed by atoms with Crippen LogP contribution in [0.15, 0.2) is 24.3 Å². The minimum atomic E-state index is -5.28. The van der Waals surface area contributed by atoms with E-state index < -0.39 is 29.7 Å². The smallest absolute Gasteiger partial charge is 0.442 e. The van der Waals surface area contributed by atoms with Crippen LogP contribution in [-0.4, -0.2) is 37.1 Å². The maximum atomic E-state index is 13.6. The number of alkyl halides is 3. The molecule has 0 aromatic heterocycles. The lowest BCUT2D eigenvalue weighted by Gasteiger charge is -2.34. The minimum Gasteiger partial charge on any atom is -0.463 e. The third kappa shape index (κ3) is 4.49. The quantitative estimate of drug-likeness (QED) is 0.468. The van der Waals surface area contributed by atoms with Gasteiger partial charge in [-0.1, -0.05) is 0 Å². The number of amides is 1. The molecular formula is C14H16F4N2O4. The SMILES string of the molecule is CCOC(=O)N[C@@](Nc1ccc(F)cc1)(C(=O)OCC)C(F)(F)F. The second-order valence-corrected chi connectivity index (χ2v) is 4.45. The van der Waals surface area contributed by atoms with Crippen molar-refractivity contribution in [1.82, 2.24) is 5.32 Å². The van der Waals surface area contributed by atoms with E-state index in [9.17, 15) is 27.2 Å². The molecule has 0 heterocycles. The van der Waals surface area contributed by atoms with E-state index in [1.807, 2.05) is 5.32 Å². The van der Waals surface area contributed by atoms with Crippen molar-refractivity contribution < 1.29 is 36.6 Å². The number of nitrogens with one attached hydrogen (secondary N) is 2. The van der Waals surface area contributed by atoms with Crippen LogP contribution in [0.3, 0.4) is 0 Å². The number of benzene rings is 1. The highest BCUT2D eigenvalue weighted by atomic mass is 19.4. The molecule has 1 aromatic rings. The molecule has 1 aromatic carbocycles. The molecule has 0 bridgehead atoms. The van der Waals surface area contributed by atoms with Gasteiger partial charge in [0, 0.05) is 5.69 Å². The summed E-state index contributed by atoms with van der Waals surface area (Å²) in [5, 5.41) is 3.31. The first kappa shape index (κ1) is 19.5. The normalized spacial score (nSPS) is 13.6. The first-order valence-electron chi connectivity index (χ1n) is 6.89. The minimum absolute atomic E-state index is 0.209. The van der Waals surface area contributed by atoms with Gasteiger partial charge in [0.2, 0.25) is 0 Å². The van der Waals surface area contributed by atoms with Crippen molar-refractivity contribution in [3.8, 4) is 0 Å². The van der Waals surface area contributed by atoms with Crippen molar-refractivity contribution in [2.75, 3.05) is 18.5 Å². The summed E-state index contributed by atoms with van der Waals surface area (Å²) in [6, 6.07) is 3.72. The van der Waals surface area contributed by atoms with Crippen molar-refractivity contribution in [2.45, 2.75) is 25.7 Å². The van der Waals surface area contributed by atoms with Crippen LogP contribution in [-0.2, 0) is 14.3 Å². The topological polar surface area (TPSA) is 76.7 Å². The first-order chi connectivity index (χ1) is 11.2. The van der Waals surface area contributed by atoms with Gasteiger partial charge in [0.25, 0.3) is 0 Å². The highest BCUT2D eigenvalue weighted by Crippen LogP contribution is 2.33. The summed E-state index contributed by atoms with van der Waals surface area (Å²) in [6.07, 6.45) is -6.75. The summed E-state index contributed by atoms with van der Waals surface area (Å²) in [4.78, 5) is 23.5. The summed E-state index contributed by atoms with van der Waals surface area (Å²) >= 11 is 0. The van der Waals surface area contributed by atoms with Gasteiger partial charge in [-0.2, -0.15) is 13.2 Å². The van der Waals surface area contributed by atoms with E-state index in [-0.39, 0.29) is 18.9 Å². The average molecular weight is 352 g/mol. The van der Waals surface area contributed by atoms with Crippen molar-refractivity contribution >= 4 is 17.7 Å². The number of alkyl carbamates (subject to hydrolysis) is 1. The van der Waals surface area contributed by atoms with Crippen LogP contribution in [0, 0.1) is 5.82 Å². The lowest BCUT2D eigenvalue weighted by atomic mass is 10.1. The van der Waals surface area contributed by atoms with E-state index >= 15 is 0 Å². The van der Waals surface area contributed by atoms with E-state index in [0.29, 0.717) is 0 Å². The molecule has 0 aliphatic heterocycles. The monoisotopic (exact) mass is 352 g/mol. The first-order valence-corrected chi connectivity index (χ1v) is 6.89. The van der Waals surface area contributed by atoms with Crippen LogP contribution in [0.2, 0.25) is 0 Å². The molecule has 134 valence electrons. The van der Waals surface area contributed by atoms with Gasteiger partial charge in [-0.05, 0) is 38.1 Å². The fraction of sp³-hybridized carbons (Fsp3) is 0.429. The zero-order chi connectivity index (χ0) is 18.4. The van der Waals surface area contributed by atoms with Crippen LogP contribution in [0.5, 0.6) is 0 Å². The summed E-state index contributed by atoms with van der Waals surface area (Å²) < 4.78 is 62.6. The summed E-state index contributed by atoms with van der Waals surface area (Å²) in [7, 11) is 0. The van der Waals surface area contributed by atoms with Crippen LogP contribution in [0.1, 0.15) is 13.8 Å². The highest BCUT2D eigenvalue weighted by molar-refractivity contribution is 5.89. The fourth-order valence-electron chi connectivity index (χ4n) is 1.70. The van der Waals surface area contributed by atoms with Crippen LogP contribution in [0.25, 0.3) is 0 Å². The number of ether oxygens (including phenoxy) is 2. The molecule has 0 fully saturated rings. The summed E-state index contributed by atoms with van der Waals surface area (Å²) in [5.74, 6) is -2.47. The Bertz CT molecular complexity index is 577. The van der Waals surface area contributed by atoms with Gasteiger partial charge in [-0.3, -0.25) is 5.32 Å². The number of esters is 1. The Morgan fingerprint density at radius 3 is 2.04 bits per heavy atom. The third-order valence-corrected chi connectivity index (χ3v) is 2.75. The molecule has 2 N–H and O–H groups in total. The van der Waals surface area contributed by atoms with Crippen molar-refractivity contribution in [3.05, 3.63) is 30.1 Å². The Hall–Kier alpha value is -2.52. The maximum absolute atomic E-state index is 13.6. The predicted molar refractivity (Wildman–Crippen MR) is 75.6 cm³/mol. The van der Waals surface area contributed by atoms with Crippen molar-refractivity contribution in [1.29, 1.82) is 0 Å². The fourth-order valence-corrected chi connectivity index (χ4v) is 1.70. The maximum Gasteiger partial charge on any atom is 0.442 e. The molecule has 24 heavy (non-hydrogen) atoms. The zero-order valence-corrected chi connectivity index (χ0v) is 12.9. The number of hydrogen-bond acceptors (Lipinski definition) is 5. The zero-order valence-electron chi connectivity index (χ0n) is 12.9. The summed E-state index contributed by atoms with van der Waals surface area (Å²) in [6.45, 7) is 2.12. The lowest BCUT2D eigenvalue weighted by molar-refractivity contribution is -0.205. The molecule has 0 saturated carbocycles.